The van der Waals surface area contributed by atoms with Gasteiger partial charge in [-0.3, -0.25) is 4.79 Å². The first-order chi connectivity index (χ1) is 18.1. The van der Waals surface area contributed by atoms with E-state index >= 15 is 0 Å². The van der Waals surface area contributed by atoms with Gasteiger partial charge in [0, 0.05) is 19.5 Å². The third kappa shape index (κ3) is 4.80. The molecule has 3 aromatic rings. The molecule has 0 aliphatic carbocycles. The van der Waals surface area contributed by atoms with Gasteiger partial charge in [-0.15, -0.1) is 0 Å². The molecule has 2 N–H and O–H groups in total. The molecule has 10 nitrogen and oxygen atoms in total. The van der Waals surface area contributed by atoms with Crippen LogP contribution in [0, 0.1) is 11.3 Å². The largest absolute Gasteiger partial charge is 0.480 e. The number of nitrogens with one attached hydrogen (secondary N) is 2. The van der Waals surface area contributed by atoms with Crippen molar-refractivity contribution in [3.8, 4) is 28.7 Å². The summed E-state index contributed by atoms with van der Waals surface area (Å²) in [5.41, 5.74) is 3.27. The summed E-state index contributed by atoms with van der Waals surface area (Å²) in [5.74, 6) is 1.43. The van der Waals surface area contributed by atoms with Crippen LogP contribution in [0.3, 0.4) is 0 Å². The number of rotatable bonds is 9. The van der Waals surface area contributed by atoms with Gasteiger partial charge in [0.25, 0.3) is 5.91 Å². The van der Waals surface area contributed by atoms with Crippen molar-refractivity contribution in [1.29, 1.82) is 5.26 Å². The average Bonchev–Trinajstić information content (AvgIpc) is 3.46. The van der Waals surface area contributed by atoms with Gasteiger partial charge in [0.05, 0.1) is 6.54 Å². The number of anilines is 2. The number of ether oxygens (including phenoxy) is 4. The Labute approximate surface area is 213 Å². The second-order valence-corrected chi connectivity index (χ2v) is 9.04. The van der Waals surface area contributed by atoms with Gasteiger partial charge in [-0.2, -0.15) is 5.26 Å². The minimum atomic E-state index is -0.666. The number of nitrogens with zero attached hydrogens (tertiary/aromatic N) is 3. The van der Waals surface area contributed by atoms with Crippen molar-refractivity contribution in [3.05, 3.63) is 66.2 Å². The maximum Gasteiger partial charge on any atom is 0.263 e. The molecule has 1 amide bonds. The normalized spacial score (nSPS) is 21.3. The molecule has 3 saturated heterocycles. The molecule has 1 aromatic heterocycles. The number of aromatic nitrogens is 1. The summed E-state index contributed by atoms with van der Waals surface area (Å²) in [5, 5.41) is 14.9. The van der Waals surface area contributed by atoms with E-state index in [9.17, 15) is 4.79 Å². The molecule has 0 atom stereocenters. The Morgan fingerprint density at radius 2 is 2.00 bits per heavy atom. The predicted molar refractivity (Wildman–Crippen MR) is 134 cm³/mol. The summed E-state index contributed by atoms with van der Waals surface area (Å²) in [6, 6.07) is 21.7. The van der Waals surface area contributed by atoms with Crippen LogP contribution < -0.4 is 25.0 Å². The number of fused-ring (bicyclic) bond motifs is 2. The molecule has 5 heterocycles. The summed E-state index contributed by atoms with van der Waals surface area (Å²) >= 11 is 0. The van der Waals surface area contributed by atoms with Crippen molar-refractivity contribution < 1.29 is 23.7 Å². The lowest BCUT2D eigenvalue weighted by atomic mass is 10.0. The first-order valence-corrected chi connectivity index (χ1v) is 12.1. The Hall–Kier alpha value is -4.17. The van der Waals surface area contributed by atoms with E-state index in [0.717, 1.165) is 16.7 Å². The maximum absolute atomic E-state index is 11.6. The number of benzene rings is 2. The van der Waals surface area contributed by atoms with Crippen molar-refractivity contribution in [2.24, 2.45) is 0 Å². The van der Waals surface area contributed by atoms with Crippen LogP contribution in [-0.2, 0) is 20.8 Å². The molecular weight excluding hydrogens is 474 g/mol. The smallest absolute Gasteiger partial charge is 0.263 e. The molecule has 2 aromatic carbocycles. The topological polar surface area (TPSA) is 118 Å². The first-order valence-electron chi connectivity index (χ1n) is 12.1. The van der Waals surface area contributed by atoms with Crippen molar-refractivity contribution in [2.45, 2.75) is 25.2 Å². The predicted octanol–water partition coefficient (Wildman–Crippen LogP) is 3.01. The number of amides is 1. The fourth-order valence-corrected chi connectivity index (χ4v) is 4.67. The zero-order valence-corrected chi connectivity index (χ0v) is 20.0. The number of nitriles is 1. The Bertz CT molecular complexity index is 1370. The van der Waals surface area contributed by atoms with E-state index in [1.165, 1.54) is 0 Å². The van der Waals surface area contributed by atoms with E-state index in [0.29, 0.717) is 49.2 Å². The van der Waals surface area contributed by atoms with E-state index in [1.54, 1.807) is 6.07 Å². The standard InChI is InChI=1S/C27H25N5O5/c28-10-12-34-21-6-2-5-20(14-21)19-4-1-3-18(13-19)15-29-11-9-27-17-32(26(36-27)37-27)23-8-7-22-25(30-23)31-24(33)16-35-22/h1-8,13-14,26,29H,9,11-12,15-17H2,(H,30,31,33). The van der Waals surface area contributed by atoms with Crippen LogP contribution in [0.15, 0.2) is 60.7 Å². The summed E-state index contributed by atoms with van der Waals surface area (Å²) in [4.78, 5) is 18.1. The summed E-state index contributed by atoms with van der Waals surface area (Å²) < 4.78 is 22.8. The number of hydrogen-bond acceptors (Lipinski definition) is 9. The van der Waals surface area contributed by atoms with Crippen molar-refractivity contribution in [2.75, 3.05) is 36.5 Å². The van der Waals surface area contributed by atoms with Crippen molar-refractivity contribution >= 4 is 17.5 Å². The van der Waals surface area contributed by atoms with Gasteiger partial charge in [0.15, 0.2) is 30.6 Å². The molecule has 4 aliphatic rings. The second kappa shape index (κ2) is 9.71. The lowest BCUT2D eigenvalue weighted by Gasteiger charge is -2.37. The molecule has 0 radical (unpaired) electrons. The highest BCUT2D eigenvalue weighted by Crippen LogP contribution is 2.45. The average molecular weight is 500 g/mol. The maximum atomic E-state index is 11.6. The van der Waals surface area contributed by atoms with Crippen LogP contribution in [-0.4, -0.2) is 49.4 Å². The Morgan fingerprint density at radius 3 is 2.86 bits per heavy atom. The van der Waals surface area contributed by atoms with Crippen LogP contribution >= 0.6 is 0 Å². The monoisotopic (exact) mass is 499 g/mol. The minimum Gasteiger partial charge on any atom is -0.480 e. The number of carbonyl (C=O) groups excluding carboxylic acids is 1. The molecule has 0 unspecified atom stereocenters. The highest BCUT2D eigenvalue weighted by atomic mass is 16.9. The zero-order chi connectivity index (χ0) is 25.2. The highest BCUT2D eigenvalue weighted by molar-refractivity contribution is 5.94. The van der Waals surface area contributed by atoms with Gasteiger partial charge in [-0.05, 0) is 47.0 Å². The third-order valence-corrected chi connectivity index (χ3v) is 6.46. The van der Waals surface area contributed by atoms with Crippen LogP contribution in [0.1, 0.15) is 12.0 Å². The van der Waals surface area contributed by atoms with Crippen LogP contribution in [0.2, 0.25) is 0 Å². The molecule has 188 valence electrons. The van der Waals surface area contributed by atoms with Gasteiger partial charge in [-0.25, -0.2) is 4.98 Å². The van der Waals surface area contributed by atoms with E-state index in [-0.39, 0.29) is 19.1 Å². The quantitative estimate of drug-likeness (QED) is 0.428. The van der Waals surface area contributed by atoms with Gasteiger partial charge in [-0.1, -0.05) is 30.3 Å². The van der Waals surface area contributed by atoms with Gasteiger partial charge >= 0.3 is 0 Å². The highest BCUT2D eigenvalue weighted by Gasteiger charge is 2.58. The van der Waals surface area contributed by atoms with Crippen molar-refractivity contribution in [1.82, 2.24) is 10.3 Å². The molecule has 0 saturated carbocycles. The molecule has 7 rings (SSSR count). The van der Waals surface area contributed by atoms with E-state index in [1.807, 2.05) is 47.4 Å². The zero-order valence-electron chi connectivity index (χ0n) is 20.0. The second-order valence-electron chi connectivity index (χ2n) is 9.04. The summed E-state index contributed by atoms with van der Waals surface area (Å²) in [7, 11) is 0. The number of hydrogen-bond donors (Lipinski definition) is 2. The molecule has 2 bridgehead atoms. The van der Waals surface area contributed by atoms with Crippen molar-refractivity contribution in [3.63, 3.8) is 0 Å². The Balaban J connectivity index is 1.02. The molecule has 4 aliphatic heterocycles. The molecule has 10 heteroatoms. The first kappa shape index (κ1) is 23.2. The van der Waals surface area contributed by atoms with Crippen LogP contribution in [0.25, 0.3) is 11.1 Å². The molecule has 3 fully saturated rings. The summed E-state index contributed by atoms with van der Waals surface area (Å²) in [6.07, 6.45) is 0.207. The SMILES string of the molecule is N#CCOc1cccc(-c2cccc(CNCCC34CN(c5ccc6c(n5)NC(=O)CO6)C(O3)O4)c2)c1. The fraction of sp³-hybridized carbons (Fsp3) is 0.296. The number of pyridine rings is 1. The fourth-order valence-electron chi connectivity index (χ4n) is 4.67. The Morgan fingerprint density at radius 1 is 1.16 bits per heavy atom. The molecule has 37 heavy (non-hydrogen) atoms. The lowest BCUT2D eigenvalue weighted by molar-refractivity contribution is -0.405. The van der Waals surface area contributed by atoms with E-state index in [2.05, 4.69) is 33.8 Å². The van der Waals surface area contributed by atoms with Gasteiger partial charge in [0.2, 0.25) is 6.41 Å². The van der Waals surface area contributed by atoms with Gasteiger partial charge in [0.1, 0.15) is 17.6 Å². The van der Waals surface area contributed by atoms with Crippen LogP contribution in [0.4, 0.5) is 11.6 Å². The third-order valence-electron chi connectivity index (χ3n) is 6.46. The number of carbonyl (C=O) groups is 1. The lowest BCUT2D eigenvalue weighted by Crippen LogP contribution is -2.49. The van der Waals surface area contributed by atoms with Gasteiger partial charge < -0.3 is 34.5 Å². The van der Waals surface area contributed by atoms with E-state index in [4.69, 9.17) is 24.2 Å². The van der Waals surface area contributed by atoms with Crippen LogP contribution in [0.5, 0.6) is 11.5 Å². The molecule has 0 spiro atoms. The minimum absolute atomic E-state index is 0.00151. The molecular formula is C27H25N5O5. The Kier molecular flexibility index (Phi) is 6.10. The summed E-state index contributed by atoms with van der Waals surface area (Å²) in [6.45, 7) is 1.99. The van der Waals surface area contributed by atoms with E-state index < -0.39 is 12.2 Å².